The summed E-state index contributed by atoms with van der Waals surface area (Å²) in [4.78, 5) is 71.2. The van der Waals surface area contributed by atoms with Gasteiger partial charge in [0.05, 0.1) is 0 Å². The van der Waals surface area contributed by atoms with Crippen LogP contribution in [0.3, 0.4) is 0 Å². The van der Waals surface area contributed by atoms with Crippen molar-refractivity contribution in [2.45, 2.75) is 54.3 Å². The minimum Gasteiger partial charge on any atom is -0.747 e. The summed E-state index contributed by atoms with van der Waals surface area (Å²) >= 11 is 0. The molecule has 3 aromatic rings. The van der Waals surface area contributed by atoms with Gasteiger partial charge in [0, 0.05) is 52.6 Å². The molecule has 3 aromatic carbocycles. The molecule has 3 aliphatic carbocycles. The van der Waals surface area contributed by atoms with Crippen LogP contribution in [-0.4, -0.2) is 87.9 Å². The molecular weight excluding hydrogens is 785 g/mol. The summed E-state index contributed by atoms with van der Waals surface area (Å²) in [6.07, 6.45) is -1.77. The van der Waals surface area contributed by atoms with Crippen molar-refractivity contribution in [3.8, 4) is 0 Å². The van der Waals surface area contributed by atoms with Crippen LogP contribution in [0, 0.1) is 0 Å². The third kappa shape index (κ3) is 7.27. The molecule has 15 nitrogen and oxygen atoms in total. The predicted molar refractivity (Wildman–Crippen MR) is 173 cm³/mol. The van der Waals surface area contributed by atoms with Crippen LogP contribution in [-0.2, 0) is 47.7 Å². The van der Waals surface area contributed by atoms with Gasteiger partial charge in [-0.1, -0.05) is 72.8 Å². The Morgan fingerprint density at radius 2 is 0.577 bits per heavy atom. The van der Waals surface area contributed by atoms with Crippen LogP contribution >= 0.6 is 0 Å². The van der Waals surface area contributed by atoms with Gasteiger partial charge in [-0.2, -0.15) is 0 Å². The molecular formula is C33H27CrO15S3. The summed E-state index contributed by atoms with van der Waals surface area (Å²) in [5.41, 5.74) is 0.554. The topological polar surface area (TPSA) is 274 Å². The van der Waals surface area contributed by atoms with Crippen LogP contribution in [0.5, 0.6) is 0 Å². The summed E-state index contributed by atoms with van der Waals surface area (Å²) in [6.45, 7) is 3.02. The van der Waals surface area contributed by atoms with Gasteiger partial charge in [-0.05, 0) is 20.8 Å². The number of fused-ring (bicyclic) bond motifs is 3. The van der Waals surface area contributed by atoms with E-state index in [-0.39, 0.29) is 50.7 Å². The van der Waals surface area contributed by atoms with Gasteiger partial charge in [0.15, 0.2) is 34.7 Å². The molecule has 3 atom stereocenters. The van der Waals surface area contributed by atoms with E-state index in [1.54, 1.807) is 18.2 Å². The van der Waals surface area contributed by atoms with E-state index < -0.39 is 98.6 Å². The second-order valence-electron chi connectivity index (χ2n) is 12.5. The van der Waals surface area contributed by atoms with Gasteiger partial charge < -0.3 is 13.7 Å². The molecule has 0 aliphatic heterocycles. The van der Waals surface area contributed by atoms with E-state index in [2.05, 4.69) is 0 Å². The average Bonchev–Trinajstić information content (AvgIpc) is 3.04. The first kappa shape index (κ1) is 42.4. The fraction of sp³-hybridized carbons (Fsp3) is 0.273. The van der Waals surface area contributed by atoms with Crippen LogP contribution < -0.4 is 0 Å². The minimum absolute atomic E-state index is 0. The van der Waals surface area contributed by atoms with Crippen molar-refractivity contribution >= 4 is 65.1 Å². The second kappa shape index (κ2) is 14.4. The van der Waals surface area contributed by atoms with Crippen molar-refractivity contribution in [1.82, 2.24) is 0 Å². The molecule has 273 valence electrons. The Kier molecular flexibility index (Phi) is 11.7. The van der Waals surface area contributed by atoms with E-state index in [1.807, 2.05) is 0 Å². The Labute approximate surface area is 309 Å². The number of rotatable bonds is 3. The summed E-state index contributed by atoms with van der Waals surface area (Å²) < 4.78 is 93.8. The zero-order valence-electron chi connectivity index (χ0n) is 27.3. The maximum Gasteiger partial charge on any atom is 3.00 e. The number of hydrogen-bond acceptors (Lipinski definition) is 15. The fourth-order valence-corrected chi connectivity index (χ4v) is 7.61. The van der Waals surface area contributed by atoms with E-state index in [0.717, 1.165) is 20.8 Å². The average molecular weight is 812 g/mol. The minimum atomic E-state index is -4.87. The van der Waals surface area contributed by atoms with Gasteiger partial charge in [0.25, 0.3) is 0 Å². The molecule has 6 rings (SSSR count). The number of benzene rings is 3. The Hall–Kier alpha value is -4.06. The van der Waals surface area contributed by atoms with Crippen LogP contribution in [0.15, 0.2) is 72.8 Å². The quantitative estimate of drug-likeness (QED) is 0.343. The molecule has 52 heavy (non-hydrogen) atoms. The standard InChI is InChI=1S/3C11H10O5S.Cr/c3*1-11(17(14,15)16)6-9(12)7-4-2-3-5-8(7)10(11)13;/h3*2-5H,6H2,1H3,(H,14,15,16);/q;;;+3/p-3. The Balaban J connectivity index is 0.000000208. The largest absolute Gasteiger partial charge is 3.00 e. The zero-order chi connectivity index (χ0) is 38.5. The molecule has 0 heterocycles. The maximum atomic E-state index is 12.0. The number of carbonyl (C=O) groups is 6. The monoisotopic (exact) mass is 811 g/mol. The molecule has 3 unspecified atom stereocenters. The number of ketones is 6. The van der Waals surface area contributed by atoms with Gasteiger partial charge >= 0.3 is 17.4 Å². The van der Waals surface area contributed by atoms with Crippen molar-refractivity contribution in [2.75, 3.05) is 0 Å². The molecule has 0 bridgehead atoms. The molecule has 0 N–H and O–H groups in total. The molecule has 0 saturated heterocycles. The fourth-order valence-electron chi connectivity index (χ4n) is 5.68. The van der Waals surface area contributed by atoms with Crippen LogP contribution in [0.1, 0.15) is 102 Å². The number of Topliss-reactive ketones (excluding diaryl/α,β-unsaturated/α-hetero) is 6. The summed E-state index contributed by atoms with van der Waals surface area (Å²) in [6, 6.07) is 17.7. The Morgan fingerprint density at radius 3 is 0.750 bits per heavy atom. The summed E-state index contributed by atoms with van der Waals surface area (Å²) in [5, 5.41) is 0. The van der Waals surface area contributed by atoms with E-state index in [4.69, 9.17) is 0 Å². The Morgan fingerprint density at radius 1 is 0.404 bits per heavy atom. The second-order valence-corrected chi connectivity index (χ2v) is 17.9. The van der Waals surface area contributed by atoms with Gasteiger partial charge in [-0.25, -0.2) is 25.3 Å². The van der Waals surface area contributed by atoms with E-state index in [0.29, 0.717) is 0 Å². The predicted octanol–water partition coefficient (Wildman–Crippen LogP) is 2.28. The molecule has 1 radical (unpaired) electrons. The maximum absolute atomic E-state index is 12.0. The first-order valence-electron chi connectivity index (χ1n) is 14.7. The van der Waals surface area contributed by atoms with Crippen molar-refractivity contribution in [2.24, 2.45) is 0 Å². The molecule has 0 spiro atoms. The van der Waals surface area contributed by atoms with E-state index in [9.17, 15) is 67.7 Å². The normalized spacial score (nSPS) is 24.1. The van der Waals surface area contributed by atoms with Crippen molar-refractivity contribution < 1.29 is 85.0 Å². The van der Waals surface area contributed by atoms with Gasteiger partial charge in [0.1, 0.15) is 44.6 Å². The van der Waals surface area contributed by atoms with Gasteiger partial charge in [-0.3, -0.25) is 28.8 Å². The third-order valence-electron chi connectivity index (χ3n) is 9.01. The van der Waals surface area contributed by atoms with E-state index in [1.165, 1.54) is 54.6 Å². The molecule has 0 saturated carbocycles. The molecule has 0 aromatic heterocycles. The van der Waals surface area contributed by atoms with Crippen LogP contribution in [0.2, 0.25) is 0 Å². The van der Waals surface area contributed by atoms with Gasteiger partial charge in [-0.15, -0.1) is 0 Å². The Bertz CT molecular complexity index is 2120. The smallest absolute Gasteiger partial charge is 0.747 e. The number of hydrogen-bond donors (Lipinski definition) is 0. The number of carbonyl (C=O) groups excluding carboxylic acids is 6. The molecule has 0 fully saturated rings. The van der Waals surface area contributed by atoms with Crippen LogP contribution in [0.25, 0.3) is 0 Å². The summed E-state index contributed by atoms with van der Waals surface area (Å²) in [7, 11) is -14.6. The first-order valence-corrected chi connectivity index (χ1v) is 18.9. The zero-order valence-corrected chi connectivity index (χ0v) is 31.0. The van der Waals surface area contributed by atoms with Crippen molar-refractivity contribution in [3.63, 3.8) is 0 Å². The molecule has 19 heteroatoms. The summed E-state index contributed by atoms with van der Waals surface area (Å²) in [5.74, 6) is -3.90. The first-order chi connectivity index (χ1) is 23.3. The van der Waals surface area contributed by atoms with Crippen molar-refractivity contribution in [1.29, 1.82) is 0 Å². The van der Waals surface area contributed by atoms with Crippen molar-refractivity contribution in [3.05, 3.63) is 106 Å². The SMILES string of the molecule is CC1(S(=O)(=O)[O-])CC(=O)c2ccccc2C1=O.CC1(S(=O)(=O)[O-])CC(=O)c2ccccc2C1=O.CC1(S(=O)(=O)[O-])CC(=O)c2ccccc2C1=O.[Cr+3]. The molecule has 3 aliphatic rings. The molecule has 0 amide bonds. The van der Waals surface area contributed by atoms with E-state index >= 15 is 0 Å². The third-order valence-corrected chi connectivity index (χ3v) is 13.3. The van der Waals surface area contributed by atoms with Crippen LogP contribution in [0.4, 0.5) is 0 Å². The van der Waals surface area contributed by atoms with Gasteiger partial charge in [0.2, 0.25) is 0 Å².